The van der Waals surface area contributed by atoms with Crippen molar-refractivity contribution in [1.29, 1.82) is 0 Å². The highest BCUT2D eigenvalue weighted by atomic mass is 127. The first kappa shape index (κ1) is 11.8. The summed E-state index contributed by atoms with van der Waals surface area (Å²) >= 11 is 3.78. The predicted molar refractivity (Wildman–Crippen MR) is 73.4 cm³/mol. The van der Waals surface area contributed by atoms with Gasteiger partial charge in [0.1, 0.15) is 3.70 Å². The van der Waals surface area contributed by atoms with Crippen LogP contribution in [0.1, 0.15) is 6.92 Å². The van der Waals surface area contributed by atoms with Crippen LogP contribution in [0.4, 0.5) is 0 Å². The van der Waals surface area contributed by atoms with Crippen molar-refractivity contribution < 1.29 is 0 Å². The minimum Gasteiger partial charge on any atom is -0.271 e. The Morgan fingerprint density at radius 3 is 2.94 bits per heavy atom. The normalized spacial score (nSPS) is 10.7. The van der Waals surface area contributed by atoms with Crippen LogP contribution >= 0.6 is 34.4 Å². The van der Waals surface area contributed by atoms with Gasteiger partial charge in [-0.2, -0.15) is 5.10 Å². The lowest BCUT2D eigenvalue weighted by molar-refractivity contribution is 0.655. The Morgan fingerprint density at radius 2 is 2.31 bits per heavy atom. The molecule has 0 spiro atoms. The van der Waals surface area contributed by atoms with Gasteiger partial charge >= 0.3 is 0 Å². The summed E-state index contributed by atoms with van der Waals surface area (Å²) in [4.78, 5) is 8.63. The van der Waals surface area contributed by atoms with E-state index >= 15 is 0 Å². The van der Waals surface area contributed by atoms with Crippen molar-refractivity contribution in [3.63, 3.8) is 0 Å². The van der Waals surface area contributed by atoms with E-state index in [0.717, 1.165) is 26.7 Å². The van der Waals surface area contributed by atoms with Crippen LogP contribution in [-0.4, -0.2) is 26.0 Å². The van der Waals surface area contributed by atoms with Crippen LogP contribution in [0.5, 0.6) is 0 Å². The van der Waals surface area contributed by atoms with E-state index in [9.17, 15) is 0 Å². The van der Waals surface area contributed by atoms with Gasteiger partial charge in [0.05, 0.1) is 11.3 Å². The zero-order valence-corrected chi connectivity index (χ0v) is 12.0. The molecule has 0 saturated carbocycles. The van der Waals surface area contributed by atoms with Crippen molar-refractivity contribution in [2.75, 3.05) is 6.26 Å². The standard InChI is InChI=1S/C10H11IN4S/c1-3-15-6-7(9(11)14-15)8-4-5-12-10(13-8)16-2/h4-6H,3H2,1-2H3. The zero-order valence-electron chi connectivity index (χ0n) is 9.01. The molecule has 0 fully saturated rings. The molecule has 16 heavy (non-hydrogen) atoms. The lowest BCUT2D eigenvalue weighted by Crippen LogP contribution is -1.93. The lowest BCUT2D eigenvalue weighted by Gasteiger charge is -1.99. The highest BCUT2D eigenvalue weighted by molar-refractivity contribution is 14.1. The molecule has 0 N–H and O–H groups in total. The van der Waals surface area contributed by atoms with Crippen molar-refractivity contribution in [3.05, 3.63) is 22.2 Å². The molecule has 2 heterocycles. The number of nitrogens with zero attached hydrogens (tertiary/aromatic N) is 4. The molecule has 0 aliphatic rings. The Bertz CT molecular complexity index is 497. The molecule has 0 saturated heterocycles. The number of thioether (sulfide) groups is 1. The van der Waals surface area contributed by atoms with E-state index in [1.807, 2.05) is 23.2 Å². The minimum absolute atomic E-state index is 0.789. The molecule has 0 aliphatic carbocycles. The molecule has 84 valence electrons. The number of hydrogen-bond acceptors (Lipinski definition) is 4. The molecule has 6 heteroatoms. The number of aryl methyl sites for hydroxylation is 1. The molecule has 0 aliphatic heterocycles. The minimum atomic E-state index is 0.789. The summed E-state index contributed by atoms with van der Waals surface area (Å²) in [6, 6.07) is 1.92. The largest absolute Gasteiger partial charge is 0.271 e. The van der Waals surface area contributed by atoms with Gasteiger partial charge in [-0.1, -0.05) is 11.8 Å². The van der Waals surface area contributed by atoms with E-state index in [4.69, 9.17) is 0 Å². The van der Waals surface area contributed by atoms with Crippen molar-refractivity contribution in [3.8, 4) is 11.3 Å². The monoisotopic (exact) mass is 346 g/mol. The summed E-state index contributed by atoms with van der Waals surface area (Å²) in [6.07, 6.45) is 5.78. The highest BCUT2D eigenvalue weighted by Crippen LogP contribution is 2.23. The van der Waals surface area contributed by atoms with Crippen LogP contribution in [0.3, 0.4) is 0 Å². The van der Waals surface area contributed by atoms with Gasteiger partial charge in [0, 0.05) is 18.9 Å². The van der Waals surface area contributed by atoms with Crippen molar-refractivity contribution in [2.45, 2.75) is 18.6 Å². The second-order valence-corrected chi connectivity index (χ2v) is 4.91. The average molecular weight is 346 g/mol. The number of rotatable bonds is 3. The topological polar surface area (TPSA) is 43.6 Å². The third-order valence-corrected chi connectivity index (χ3v) is 3.49. The van der Waals surface area contributed by atoms with Gasteiger partial charge in [-0.05, 0) is 41.8 Å². The van der Waals surface area contributed by atoms with Gasteiger partial charge in [0.15, 0.2) is 5.16 Å². The number of hydrogen-bond donors (Lipinski definition) is 0. The fourth-order valence-corrected chi connectivity index (χ4v) is 2.37. The molecule has 0 radical (unpaired) electrons. The molecule has 4 nitrogen and oxygen atoms in total. The quantitative estimate of drug-likeness (QED) is 0.487. The Labute approximate surface area is 112 Å². The van der Waals surface area contributed by atoms with Gasteiger partial charge in [-0.25, -0.2) is 9.97 Å². The van der Waals surface area contributed by atoms with Gasteiger partial charge in [0.2, 0.25) is 0 Å². The van der Waals surface area contributed by atoms with Crippen molar-refractivity contribution in [1.82, 2.24) is 19.7 Å². The molecule has 0 aromatic carbocycles. The molecule has 2 rings (SSSR count). The summed E-state index contributed by atoms with van der Waals surface area (Å²) in [5.74, 6) is 0. The third-order valence-electron chi connectivity index (χ3n) is 2.13. The van der Waals surface area contributed by atoms with E-state index in [2.05, 4.69) is 44.6 Å². The number of halogens is 1. The first-order valence-electron chi connectivity index (χ1n) is 4.85. The van der Waals surface area contributed by atoms with Crippen molar-refractivity contribution in [2.24, 2.45) is 0 Å². The smallest absolute Gasteiger partial charge is 0.187 e. The summed E-state index contributed by atoms with van der Waals surface area (Å²) in [5, 5.41) is 5.19. The van der Waals surface area contributed by atoms with E-state index < -0.39 is 0 Å². The number of aromatic nitrogens is 4. The lowest BCUT2D eigenvalue weighted by atomic mass is 10.2. The van der Waals surface area contributed by atoms with Crippen LogP contribution in [0.2, 0.25) is 0 Å². The first-order chi connectivity index (χ1) is 7.74. The van der Waals surface area contributed by atoms with Gasteiger partial charge in [0.25, 0.3) is 0 Å². The fourth-order valence-electron chi connectivity index (χ4n) is 1.32. The first-order valence-corrected chi connectivity index (χ1v) is 7.15. The maximum Gasteiger partial charge on any atom is 0.187 e. The van der Waals surface area contributed by atoms with Crippen LogP contribution in [-0.2, 0) is 6.54 Å². The van der Waals surface area contributed by atoms with Crippen LogP contribution in [0.15, 0.2) is 23.6 Å². The molecule has 0 unspecified atom stereocenters. The fraction of sp³-hybridized carbons (Fsp3) is 0.300. The maximum atomic E-state index is 4.46. The average Bonchev–Trinajstić information content (AvgIpc) is 2.71. The third kappa shape index (κ3) is 2.37. The van der Waals surface area contributed by atoms with Gasteiger partial charge in [-0.15, -0.1) is 0 Å². The molecule has 0 bridgehead atoms. The molecule has 2 aromatic heterocycles. The Hall–Kier alpha value is -0.630. The van der Waals surface area contributed by atoms with Gasteiger partial charge in [-0.3, -0.25) is 4.68 Å². The summed E-state index contributed by atoms with van der Waals surface area (Å²) in [5.41, 5.74) is 2.00. The molecule has 0 amide bonds. The molecular formula is C10H11IN4S. The van der Waals surface area contributed by atoms with E-state index in [1.54, 1.807) is 18.0 Å². The van der Waals surface area contributed by atoms with E-state index in [-0.39, 0.29) is 0 Å². The molecular weight excluding hydrogens is 335 g/mol. The molecule has 2 aromatic rings. The highest BCUT2D eigenvalue weighted by Gasteiger charge is 2.09. The Balaban J connectivity index is 2.45. The van der Waals surface area contributed by atoms with E-state index in [1.165, 1.54) is 0 Å². The molecule has 0 atom stereocenters. The van der Waals surface area contributed by atoms with Crippen LogP contribution in [0, 0.1) is 3.70 Å². The van der Waals surface area contributed by atoms with Crippen LogP contribution < -0.4 is 0 Å². The zero-order chi connectivity index (χ0) is 11.5. The summed E-state index contributed by atoms with van der Waals surface area (Å²) in [6.45, 7) is 2.94. The maximum absolute atomic E-state index is 4.46. The summed E-state index contributed by atoms with van der Waals surface area (Å²) < 4.78 is 2.89. The summed E-state index contributed by atoms with van der Waals surface area (Å²) in [7, 11) is 0. The predicted octanol–water partition coefficient (Wildman–Crippen LogP) is 2.69. The Kier molecular flexibility index (Phi) is 3.80. The second-order valence-electron chi connectivity index (χ2n) is 3.12. The SMILES string of the molecule is CCn1cc(-c2ccnc(SC)n2)c(I)n1. The van der Waals surface area contributed by atoms with Gasteiger partial charge < -0.3 is 0 Å². The Morgan fingerprint density at radius 1 is 1.50 bits per heavy atom. The second kappa shape index (κ2) is 5.13. The van der Waals surface area contributed by atoms with E-state index in [0.29, 0.717) is 0 Å². The van der Waals surface area contributed by atoms with Crippen molar-refractivity contribution >= 4 is 34.4 Å². The van der Waals surface area contributed by atoms with Crippen LogP contribution in [0.25, 0.3) is 11.3 Å².